The number of rotatable bonds is 14. The largest absolute Gasteiger partial charge is 0.465 e. The van der Waals surface area contributed by atoms with Gasteiger partial charge in [0.2, 0.25) is 17.7 Å². The van der Waals surface area contributed by atoms with E-state index in [-0.39, 0.29) is 48.6 Å². The van der Waals surface area contributed by atoms with E-state index >= 15 is 0 Å². The summed E-state index contributed by atoms with van der Waals surface area (Å²) in [7, 11) is 0. The number of carboxylic acid groups (broad SMARTS) is 1. The number of piperidine rings is 1. The van der Waals surface area contributed by atoms with Gasteiger partial charge in [0, 0.05) is 87.0 Å². The molecule has 1 aromatic heterocycles. The highest BCUT2D eigenvalue weighted by atomic mass is 16.4. The molecular formula is C34H45N9O6. The number of aromatic nitrogens is 1. The van der Waals surface area contributed by atoms with Gasteiger partial charge in [0.25, 0.3) is 5.91 Å². The van der Waals surface area contributed by atoms with Crippen molar-refractivity contribution in [2.24, 2.45) is 16.6 Å². The van der Waals surface area contributed by atoms with E-state index in [1.54, 1.807) is 36.5 Å². The molecule has 1 unspecified atom stereocenters. The van der Waals surface area contributed by atoms with E-state index in [2.05, 4.69) is 36.5 Å². The third-order valence-corrected chi connectivity index (χ3v) is 8.33. The number of hydrogen-bond acceptors (Lipinski definition) is 9. The Labute approximate surface area is 285 Å². The van der Waals surface area contributed by atoms with Crippen molar-refractivity contribution in [3.63, 3.8) is 0 Å². The number of amides is 5. The van der Waals surface area contributed by atoms with Crippen LogP contribution in [-0.4, -0.2) is 90.8 Å². The highest BCUT2D eigenvalue weighted by Crippen LogP contribution is 2.30. The monoisotopic (exact) mass is 675 g/mol. The van der Waals surface area contributed by atoms with Crippen molar-refractivity contribution in [3.8, 4) is 0 Å². The van der Waals surface area contributed by atoms with E-state index in [1.807, 2.05) is 13.0 Å². The summed E-state index contributed by atoms with van der Waals surface area (Å²) in [4.78, 5) is 71.8. The third kappa shape index (κ3) is 10.9. The molecule has 0 spiro atoms. The molecule has 15 nitrogen and oxygen atoms in total. The Kier molecular flexibility index (Phi) is 13.2. The molecule has 1 aromatic carbocycles. The van der Waals surface area contributed by atoms with Gasteiger partial charge in [-0.25, -0.2) is 9.78 Å². The van der Waals surface area contributed by atoms with Crippen molar-refractivity contribution in [1.82, 2.24) is 26.3 Å². The minimum atomic E-state index is -1.11. The highest BCUT2D eigenvalue weighted by molar-refractivity contribution is 6.09. The van der Waals surface area contributed by atoms with Gasteiger partial charge < -0.3 is 42.3 Å². The van der Waals surface area contributed by atoms with Crippen LogP contribution in [0.3, 0.4) is 0 Å². The van der Waals surface area contributed by atoms with Gasteiger partial charge in [0.1, 0.15) is 5.82 Å². The second-order valence-corrected chi connectivity index (χ2v) is 12.0. The molecule has 1 saturated heterocycles. The standard InChI is InChI=1S/C34H45N9O6/c1-3-27(35)29-19-25(32(46)37-11-4-12-39-34(48)49)17-23-5-6-24(18-28(23)42-29)33(47)41-26-7-8-30(40-20-26)43-15-9-22(10-16-43)31(45)38-14-13-36-21(2)44/h5-8,17-18,20,22,27,39H,3-4,9-16,19,35H2,1-2H3,(H,36,44)(H,37,46)(H,38,45)(H,41,47)(H,48,49). The summed E-state index contributed by atoms with van der Waals surface area (Å²) < 4.78 is 0. The summed E-state index contributed by atoms with van der Waals surface area (Å²) >= 11 is 0. The van der Waals surface area contributed by atoms with Crippen LogP contribution in [0.25, 0.3) is 6.08 Å². The molecule has 49 heavy (non-hydrogen) atoms. The number of nitrogens with one attached hydrogen (secondary N) is 5. The van der Waals surface area contributed by atoms with Gasteiger partial charge in [-0.2, -0.15) is 0 Å². The lowest BCUT2D eigenvalue weighted by molar-refractivity contribution is -0.126. The molecule has 0 aliphatic carbocycles. The molecule has 0 bridgehead atoms. The third-order valence-electron chi connectivity index (χ3n) is 8.33. The molecule has 8 N–H and O–H groups in total. The number of nitrogens with two attached hydrogens (primary N) is 1. The van der Waals surface area contributed by atoms with Crippen LogP contribution in [0.4, 0.5) is 22.0 Å². The first kappa shape index (κ1) is 36.5. The smallest absolute Gasteiger partial charge is 0.404 e. The molecule has 0 radical (unpaired) electrons. The summed E-state index contributed by atoms with van der Waals surface area (Å²) in [5, 5.41) is 22.2. The Morgan fingerprint density at radius 1 is 0.959 bits per heavy atom. The first-order valence-electron chi connectivity index (χ1n) is 16.5. The Morgan fingerprint density at radius 3 is 2.37 bits per heavy atom. The molecule has 15 heteroatoms. The van der Waals surface area contributed by atoms with Crippen LogP contribution in [0.5, 0.6) is 0 Å². The van der Waals surface area contributed by atoms with Crippen LogP contribution >= 0.6 is 0 Å². The van der Waals surface area contributed by atoms with E-state index in [0.29, 0.717) is 92.2 Å². The van der Waals surface area contributed by atoms with E-state index in [1.165, 1.54) is 6.92 Å². The molecule has 1 atom stereocenters. The molecule has 3 heterocycles. The number of nitrogens with zero attached hydrogens (tertiary/aromatic N) is 3. The summed E-state index contributed by atoms with van der Waals surface area (Å²) in [6, 6.07) is 8.32. The molecule has 2 aliphatic rings. The quantitative estimate of drug-likeness (QED) is 0.146. The van der Waals surface area contributed by atoms with E-state index in [4.69, 9.17) is 15.8 Å². The highest BCUT2D eigenvalue weighted by Gasteiger charge is 2.26. The van der Waals surface area contributed by atoms with Crippen molar-refractivity contribution in [2.45, 2.75) is 52.0 Å². The van der Waals surface area contributed by atoms with Crippen LogP contribution in [0.2, 0.25) is 0 Å². The number of pyridine rings is 1. The van der Waals surface area contributed by atoms with E-state index < -0.39 is 6.09 Å². The summed E-state index contributed by atoms with van der Waals surface area (Å²) in [6.45, 7) is 6.03. The molecular weight excluding hydrogens is 630 g/mol. The zero-order chi connectivity index (χ0) is 35.3. The topological polar surface area (TPSA) is 220 Å². The summed E-state index contributed by atoms with van der Waals surface area (Å²) in [5.74, 6) is -0.112. The van der Waals surface area contributed by atoms with Crippen LogP contribution in [0, 0.1) is 5.92 Å². The second kappa shape index (κ2) is 17.7. The van der Waals surface area contributed by atoms with Crippen molar-refractivity contribution in [1.29, 1.82) is 0 Å². The maximum absolute atomic E-state index is 13.3. The molecule has 262 valence electrons. The van der Waals surface area contributed by atoms with Crippen molar-refractivity contribution >= 4 is 58.7 Å². The number of carbonyl (C=O) groups is 5. The number of hydrogen-bond donors (Lipinski definition) is 7. The number of carbonyl (C=O) groups excluding carboxylic acids is 4. The fourth-order valence-electron chi connectivity index (χ4n) is 5.52. The molecule has 1 fully saturated rings. The lowest BCUT2D eigenvalue weighted by atomic mass is 9.96. The SMILES string of the molecule is CCC(N)C1=Nc2cc(C(=O)Nc3ccc(N4CCC(C(=O)NCCNC(C)=O)CC4)nc3)ccc2C=C(C(=O)NCCCNC(=O)O)C1. The van der Waals surface area contributed by atoms with Gasteiger partial charge in [0.05, 0.1) is 17.6 Å². The predicted molar refractivity (Wildman–Crippen MR) is 187 cm³/mol. The molecule has 5 amide bonds. The Morgan fingerprint density at radius 2 is 1.69 bits per heavy atom. The van der Waals surface area contributed by atoms with Crippen LogP contribution in [0.1, 0.15) is 61.9 Å². The molecule has 4 rings (SSSR count). The van der Waals surface area contributed by atoms with Crippen LogP contribution in [0.15, 0.2) is 47.1 Å². The maximum atomic E-state index is 13.3. The number of fused-ring (bicyclic) bond motifs is 1. The van der Waals surface area contributed by atoms with Crippen LogP contribution in [-0.2, 0) is 14.4 Å². The van der Waals surface area contributed by atoms with E-state index in [0.717, 1.165) is 5.82 Å². The fourth-order valence-corrected chi connectivity index (χ4v) is 5.52. The lowest BCUT2D eigenvalue weighted by Crippen LogP contribution is -2.42. The predicted octanol–water partition coefficient (Wildman–Crippen LogP) is 2.17. The zero-order valence-corrected chi connectivity index (χ0v) is 27.9. The minimum Gasteiger partial charge on any atom is -0.465 e. The molecule has 2 aliphatic heterocycles. The average molecular weight is 676 g/mol. The number of benzene rings is 1. The lowest BCUT2D eigenvalue weighted by Gasteiger charge is -2.32. The summed E-state index contributed by atoms with van der Waals surface area (Å²) in [5.41, 5.74) is 9.54. The number of aliphatic imine (C=N–C) groups is 1. The first-order chi connectivity index (χ1) is 23.5. The van der Waals surface area contributed by atoms with Gasteiger partial charge in [0.15, 0.2) is 0 Å². The Bertz CT molecular complexity index is 1580. The van der Waals surface area contributed by atoms with Gasteiger partial charge in [-0.1, -0.05) is 13.0 Å². The Balaban J connectivity index is 1.35. The summed E-state index contributed by atoms with van der Waals surface area (Å²) in [6.07, 6.45) is 4.89. The van der Waals surface area contributed by atoms with Crippen molar-refractivity contribution in [2.75, 3.05) is 49.5 Å². The Hall–Kier alpha value is -5.31. The molecule has 2 aromatic rings. The minimum absolute atomic E-state index is 0.00871. The number of anilines is 2. The first-order valence-corrected chi connectivity index (χ1v) is 16.5. The maximum Gasteiger partial charge on any atom is 0.404 e. The van der Waals surface area contributed by atoms with Gasteiger partial charge in [-0.3, -0.25) is 24.2 Å². The normalized spacial score (nSPS) is 15.0. The van der Waals surface area contributed by atoms with Crippen molar-refractivity contribution < 1.29 is 29.1 Å². The van der Waals surface area contributed by atoms with Crippen LogP contribution < -0.4 is 37.2 Å². The molecule has 0 saturated carbocycles. The van der Waals surface area contributed by atoms with E-state index in [9.17, 15) is 24.0 Å². The fraction of sp³-hybridized carbons (Fsp3) is 0.441. The van der Waals surface area contributed by atoms with Gasteiger partial charge in [-0.05, 0) is 56.0 Å². The van der Waals surface area contributed by atoms with Gasteiger partial charge >= 0.3 is 6.09 Å². The second-order valence-electron chi connectivity index (χ2n) is 12.0. The zero-order valence-electron chi connectivity index (χ0n) is 27.9. The average Bonchev–Trinajstić information content (AvgIpc) is 3.29. The van der Waals surface area contributed by atoms with Gasteiger partial charge in [-0.15, -0.1) is 0 Å². The van der Waals surface area contributed by atoms with Crippen molar-refractivity contribution in [3.05, 3.63) is 53.2 Å².